The fraction of sp³-hybridized carbons (Fsp3) is 0.118. The Hall–Kier alpha value is -9.23. The summed E-state index contributed by atoms with van der Waals surface area (Å²) in [5, 5.41) is 4.98. The maximum atomic E-state index is 3.55. The highest BCUT2D eigenvalue weighted by Crippen LogP contribution is 2.54. The summed E-state index contributed by atoms with van der Waals surface area (Å²) in [6.07, 6.45) is 20.9. The van der Waals surface area contributed by atoms with Gasteiger partial charge in [-0.15, -0.1) is 11.8 Å². The quantitative estimate of drug-likeness (QED) is 0.0997. The number of rotatable bonds is 4. The van der Waals surface area contributed by atoms with Crippen molar-refractivity contribution in [2.45, 2.75) is 51.3 Å². The molecule has 0 saturated heterocycles. The monoisotopic (exact) mass is 1010 g/mol. The Labute approximate surface area is 447 Å². The fourth-order valence-corrected chi connectivity index (χ4v) is 16.1. The van der Waals surface area contributed by atoms with Crippen LogP contribution in [-0.2, 0) is 11.8 Å². The first-order valence-electron chi connectivity index (χ1n) is 26.7. The molecule has 0 N–H and O–H groups in total. The van der Waals surface area contributed by atoms with Crippen molar-refractivity contribution in [3.05, 3.63) is 265 Å². The van der Waals surface area contributed by atoms with Gasteiger partial charge in [0.15, 0.2) is 0 Å². The number of aromatic nitrogens is 4. The van der Waals surface area contributed by atoms with Gasteiger partial charge in [0, 0.05) is 92.5 Å². The fourth-order valence-electron chi connectivity index (χ4n) is 15.7. The van der Waals surface area contributed by atoms with Crippen LogP contribution in [0.25, 0.3) is 44.6 Å². The first kappa shape index (κ1) is 41.1. The third-order valence-electron chi connectivity index (χ3n) is 18.9. The van der Waals surface area contributed by atoms with E-state index in [-0.39, 0.29) is 0 Å². The Morgan fingerprint density at radius 2 is 0.701 bits per heavy atom. The van der Waals surface area contributed by atoms with Gasteiger partial charge in [-0.2, -0.15) is 18.3 Å². The van der Waals surface area contributed by atoms with Crippen LogP contribution in [0.4, 0.5) is 0 Å². The van der Waals surface area contributed by atoms with Gasteiger partial charge in [-0.1, -0.05) is 66.5 Å². The lowest BCUT2D eigenvalue weighted by molar-refractivity contribution is -0.835. The lowest BCUT2D eigenvalue weighted by atomic mass is 9.94. The average Bonchev–Trinajstić information content (AvgIpc) is 4.13. The number of benzene rings is 3. The molecule has 16 heterocycles. The van der Waals surface area contributed by atoms with Crippen LogP contribution in [-0.4, -0.2) is 65.7 Å². The van der Waals surface area contributed by atoms with E-state index < -0.39 is 11.8 Å². The van der Waals surface area contributed by atoms with Crippen molar-refractivity contribution in [1.29, 1.82) is 0 Å². The zero-order chi connectivity index (χ0) is 50.9. The van der Waals surface area contributed by atoms with E-state index in [4.69, 9.17) is 0 Å². The minimum atomic E-state index is -0.714. The summed E-state index contributed by atoms with van der Waals surface area (Å²) in [5.74, 6) is 5.75. The van der Waals surface area contributed by atoms with Gasteiger partial charge in [0.2, 0.25) is 45.6 Å². The maximum Gasteiger partial charge on any atom is 0.553 e. The number of thioether (sulfide) groups is 1. The number of hydrogen-bond donors (Lipinski definition) is 0. The van der Waals surface area contributed by atoms with Gasteiger partial charge >= 0.3 is 11.8 Å². The SMILES string of the molecule is CSc1ccc(C2=C3C=CC4=[N+]3C35n6c(ccc62)C(C)=C2C=CC(=[N+]23)C(c2ccc(C#Cc3ccc(C6=C7C=CC8=[N+]7C79n%10c(ccc%106)C(C)=C6C=CC(=[N+]67)C(C)=c6ccc(n69)=C8C)cc3)cc2)=c2ccc(n25)=C4C)cc1. The molecule has 0 amide bonds. The second-order valence-corrected chi connectivity index (χ2v) is 23.0. The predicted molar refractivity (Wildman–Crippen MR) is 305 cm³/mol. The normalized spacial score (nSPS) is 22.8. The highest BCUT2D eigenvalue weighted by atomic mass is 32.2. The van der Waals surface area contributed by atoms with Crippen molar-refractivity contribution in [2.75, 3.05) is 6.26 Å². The predicted octanol–water partition coefficient (Wildman–Crippen LogP) is 8.14. The standard InChI is InChI=1S/C68H46N8S/c1-37-48-21-23-50-38(2)52-25-31-58-64(59-32-26-53-39(3)51-24-22-49(37)70(51)67(69(48)50,71(52)58)72(53)59)44-13-9-42(10-14-44)7-8-43-11-15-45(16-12-43)65-60-33-27-54-40(4)56-29-35-62-66(46-17-19-47(77-6)20-18-46)63-36-30-57-41(5)55-28-34-61(65)74(55)68(73(54)60,75(56)62)76(57)63/h9-36H,1-6H3/q+4. The van der Waals surface area contributed by atoms with Crippen LogP contribution in [0, 0.1) is 11.8 Å². The Balaban J connectivity index is 0.715. The Bertz CT molecular complexity index is 5060. The molecule has 12 aliphatic rings. The molecule has 9 heteroatoms. The summed E-state index contributed by atoms with van der Waals surface area (Å²) in [5.41, 5.74) is 30.6. The molecule has 3 aromatic carbocycles. The van der Waals surface area contributed by atoms with Gasteiger partial charge in [0.25, 0.3) is 0 Å². The minimum Gasteiger partial charge on any atom is -0.199 e. The Kier molecular flexibility index (Phi) is 7.06. The zero-order valence-electron chi connectivity index (χ0n) is 43.2. The van der Waals surface area contributed by atoms with Gasteiger partial charge in [-0.25, -0.2) is 0 Å². The molecule has 8 nitrogen and oxygen atoms in total. The minimum absolute atomic E-state index is 0.641. The summed E-state index contributed by atoms with van der Waals surface area (Å²) in [7, 11) is 0. The topological polar surface area (TPSA) is 31.8 Å². The van der Waals surface area contributed by atoms with Gasteiger partial charge < -0.3 is 0 Å². The summed E-state index contributed by atoms with van der Waals surface area (Å²) < 4.78 is 21.0. The molecule has 360 valence electrons. The molecule has 2 unspecified atom stereocenters. The van der Waals surface area contributed by atoms with Crippen molar-refractivity contribution in [3.8, 4) is 11.8 Å². The molecule has 0 saturated carbocycles. The van der Waals surface area contributed by atoms with Crippen LogP contribution in [0.5, 0.6) is 0 Å². The van der Waals surface area contributed by atoms with Crippen molar-refractivity contribution in [2.24, 2.45) is 0 Å². The summed E-state index contributed by atoms with van der Waals surface area (Å²) in [6, 6.07) is 45.7. The van der Waals surface area contributed by atoms with E-state index in [0.717, 1.165) is 11.1 Å². The van der Waals surface area contributed by atoms with Crippen molar-refractivity contribution >= 4 is 79.2 Å². The molecule has 7 aromatic rings. The van der Waals surface area contributed by atoms with Gasteiger partial charge in [0.05, 0.1) is 60.9 Å². The summed E-state index contributed by atoms with van der Waals surface area (Å²) in [6.45, 7) is 11.4. The van der Waals surface area contributed by atoms with Crippen LogP contribution in [0.15, 0.2) is 198 Å². The first-order valence-corrected chi connectivity index (χ1v) is 28.0. The molecule has 2 atom stereocenters. The van der Waals surface area contributed by atoms with E-state index >= 15 is 0 Å². The van der Waals surface area contributed by atoms with Crippen LogP contribution < -0.4 is 21.4 Å². The lowest BCUT2D eigenvalue weighted by Crippen LogP contribution is -2.71. The number of nitrogens with zero attached hydrogens (tertiary/aromatic N) is 8. The lowest BCUT2D eigenvalue weighted by Gasteiger charge is -2.40. The number of hydrogen-bond acceptors (Lipinski definition) is 1. The summed E-state index contributed by atoms with van der Waals surface area (Å²) >= 11 is 1.78. The highest BCUT2D eigenvalue weighted by Gasteiger charge is 2.74. The third kappa shape index (κ3) is 4.28. The maximum absolute atomic E-state index is 3.55. The molecule has 0 bridgehead atoms. The highest BCUT2D eigenvalue weighted by molar-refractivity contribution is 7.98. The molecule has 0 aliphatic carbocycles. The number of allylic oxidation sites excluding steroid dienone is 10. The largest absolute Gasteiger partial charge is 0.553 e. The van der Waals surface area contributed by atoms with Crippen LogP contribution in [0.1, 0.15) is 85.2 Å². The van der Waals surface area contributed by atoms with E-state index in [1.807, 2.05) is 0 Å². The molecule has 0 fully saturated rings. The van der Waals surface area contributed by atoms with Gasteiger partial charge in [0.1, 0.15) is 0 Å². The molecular formula is C68H46N8S+4. The molecule has 4 aromatic heterocycles. The van der Waals surface area contributed by atoms with Crippen molar-refractivity contribution in [1.82, 2.24) is 18.3 Å². The molecule has 19 rings (SSSR count). The summed E-state index contributed by atoms with van der Waals surface area (Å²) in [4.78, 5) is 1.27. The van der Waals surface area contributed by atoms with Crippen LogP contribution >= 0.6 is 11.8 Å². The van der Waals surface area contributed by atoms with E-state index in [1.165, 1.54) is 156 Å². The van der Waals surface area contributed by atoms with Crippen molar-refractivity contribution < 1.29 is 18.3 Å². The smallest absolute Gasteiger partial charge is 0.199 e. The third-order valence-corrected chi connectivity index (χ3v) is 19.6. The molecule has 77 heavy (non-hydrogen) atoms. The van der Waals surface area contributed by atoms with Crippen LogP contribution in [0.2, 0.25) is 0 Å². The van der Waals surface area contributed by atoms with Crippen molar-refractivity contribution in [3.63, 3.8) is 0 Å². The van der Waals surface area contributed by atoms with E-state index in [2.05, 4.69) is 259 Å². The molecular weight excluding hydrogens is 961 g/mol. The van der Waals surface area contributed by atoms with E-state index in [1.54, 1.807) is 11.8 Å². The molecule has 0 radical (unpaired) electrons. The Morgan fingerprint density at radius 3 is 1.17 bits per heavy atom. The van der Waals surface area contributed by atoms with Gasteiger partial charge in [-0.3, -0.25) is 0 Å². The van der Waals surface area contributed by atoms with E-state index in [9.17, 15) is 0 Å². The Morgan fingerprint density at radius 1 is 0.338 bits per heavy atom. The second kappa shape index (κ2) is 13.2. The van der Waals surface area contributed by atoms with Crippen LogP contribution in [0.3, 0.4) is 0 Å². The molecule has 2 spiro atoms. The second-order valence-electron chi connectivity index (χ2n) is 22.1. The average molecular weight is 1010 g/mol. The molecule has 12 aliphatic heterocycles. The van der Waals surface area contributed by atoms with E-state index in [0.29, 0.717) is 0 Å². The zero-order valence-corrected chi connectivity index (χ0v) is 44.0. The van der Waals surface area contributed by atoms with Gasteiger partial charge in [-0.05, 0) is 142 Å². The first-order chi connectivity index (χ1) is 37.7.